The topological polar surface area (TPSA) is 80.7 Å². The minimum Gasteiger partial charge on any atom is -0.468 e. The van der Waals surface area contributed by atoms with Gasteiger partial charge < -0.3 is 9.84 Å². The van der Waals surface area contributed by atoms with Crippen molar-refractivity contribution >= 4 is 15.8 Å². The summed E-state index contributed by atoms with van der Waals surface area (Å²) in [5.41, 5.74) is -5.59. The Morgan fingerprint density at radius 2 is 1.93 bits per heavy atom. The average Bonchev–Trinajstić information content (AvgIpc) is 2.02. The highest BCUT2D eigenvalue weighted by Gasteiger charge is 2.53. The van der Waals surface area contributed by atoms with Gasteiger partial charge in [0.2, 0.25) is 0 Å². The molecule has 0 aliphatic heterocycles. The quantitative estimate of drug-likeness (QED) is 0.665. The number of aliphatic hydroxyl groups excluding tert-OH is 1. The maximum atomic E-state index is 11.9. The molecule has 0 amide bonds. The number of methoxy groups -OCH3 is 1. The van der Waals surface area contributed by atoms with Crippen LogP contribution in [-0.2, 0) is 19.4 Å². The monoisotopic (exact) mass is 236 g/mol. The number of rotatable bonds is 3. The fourth-order valence-electron chi connectivity index (χ4n) is 0.592. The first kappa shape index (κ1) is 13.2. The van der Waals surface area contributed by atoms with Gasteiger partial charge in [-0.15, -0.1) is 0 Å². The predicted octanol–water partition coefficient (Wildman–Crippen LogP) is -0.545. The second-order valence-corrected chi connectivity index (χ2v) is 4.31. The van der Waals surface area contributed by atoms with Gasteiger partial charge in [-0.25, -0.2) is 8.42 Å². The zero-order valence-electron chi connectivity index (χ0n) is 6.91. The third-order valence-corrected chi connectivity index (χ3v) is 3.06. The average molecular weight is 236 g/mol. The van der Waals surface area contributed by atoms with Crippen molar-refractivity contribution in [1.82, 2.24) is 0 Å². The SMILES string of the molecule is COC(=O)[C@@H](CO)S(=O)(=O)C(F)(F)F. The summed E-state index contributed by atoms with van der Waals surface area (Å²) in [7, 11) is -5.01. The molecule has 0 aromatic heterocycles. The van der Waals surface area contributed by atoms with Crippen LogP contribution in [0.25, 0.3) is 0 Å². The van der Waals surface area contributed by atoms with Gasteiger partial charge in [-0.3, -0.25) is 4.79 Å². The maximum Gasteiger partial charge on any atom is 0.498 e. The van der Waals surface area contributed by atoms with E-state index in [0.29, 0.717) is 0 Å². The van der Waals surface area contributed by atoms with Crippen molar-refractivity contribution in [2.24, 2.45) is 0 Å². The first-order valence-electron chi connectivity index (χ1n) is 3.17. The maximum absolute atomic E-state index is 11.9. The molecule has 0 saturated heterocycles. The van der Waals surface area contributed by atoms with Gasteiger partial charge in [-0.1, -0.05) is 0 Å². The fraction of sp³-hybridized carbons (Fsp3) is 0.800. The van der Waals surface area contributed by atoms with Crippen molar-refractivity contribution in [2.75, 3.05) is 13.7 Å². The van der Waals surface area contributed by atoms with Gasteiger partial charge in [0.1, 0.15) is 0 Å². The van der Waals surface area contributed by atoms with E-state index < -0.39 is 33.2 Å². The van der Waals surface area contributed by atoms with Crippen LogP contribution in [0.1, 0.15) is 0 Å². The van der Waals surface area contributed by atoms with E-state index in [1.807, 2.05) is 0 Å². The summed E-state index contributed by atoms with van der Waals surface area (Å²) in [4.78, 5) is 10.6. The van der Waals surface area contributed by atoms with Crippen LogP contribution in [-0.4, -0.2) is 44.0 Å². The molecule has 84 valence electrons. The summed E-state index contributed by atoms with van der Waals surface area (Å²) in [5.74, 6) is -1.65. The number of hydrogen-bond donors (Lipinski definition) is 1. The van der Waals surface area contributed by atoms with Crippen molar-refractivity contribution in [3.8, 4) is 0 Å². The number of hydrogen-bond acceptors (Lipinski definition) is 5. The van der Waals surface area contributed by atoms with Crippen molar-refractivity contribution in [3.63, 3.8) is 0 Å². The number of carbonyl (C=O) groups excluding carboxylic acids is 1. The first-order chi connectivity index (χ1) is 6.18. The van der Waals surface area contributed by atoms with Gasteiger partial charge in [0.15, 0.2) is 5.25 Å². The molecule has 0 aliphatic rings. The Morgan fingerprint density at radius 3 is 2.14 bits per heavy atom. The number of esters is 1. The van der Waals surface area contributed by atoms with Crippen LogP contribution in [0.3, 0.4) is 0 Å². The number of alkyl halides is 3. The molecule has 9 heteroatoms. The van der Waals surface area contributed by atoms with E-state index in [0.717, 1.165) is 7.11 Å². The molecule has 0 fully saturated rings. The van der Waals surface area contributed by atoms with Crippen LogP contribution in [0.15, 0.2) is 0 Å². The van der Waals surface area contributed by atoms with Crippen LogP contribution in [0.4, 0.5) is 13.2 Å². The van der Waals surface area contributed by atoms with E-state index in [1.54, 1.807) is 0 Å². The molecule has 0 aliphatic carbocycles. The molecule has 0 bridgehead atoms. The van der Waals surface area contributed by atoms with Gasteiger partial charge in [0.05, 0.1) is 13.7 Å². The van der Waals surface area contributed by atoms with Crippen LogP contribution in [0.2, 0.25) is 0 Å². The highest BCUT2D eigenvalue weighted by atomic mass is 32.2. The summed E-state index contributed by atoms with van der Waals surface area (Å²) in [6.45, 7) is -1.48. The summed E-state index contributed by atoms with van der Waals surface area (Å²) in [6, 6.07) is 0. The first-order valence-corrected chi connectivity index (χ1v) is 4.72. The molecule has 0 radical (unpaired) electrons. The fourth-order valence-corrected chi connectivity index (χ4v) is 1.46. The van der Waals surface area contributed by atoms with Crippen LogP contribution in [0, 0.1) is 0 Å². The Hall–Kier alpha value is -0.830. The summed E-state index contributed by atoms with van der Waals surface area (Å²) in [5, 5.41) is 5.73. The lowest BCUT2D eigenvalue weighted by Gasteiger charge is -2.14. The molecule has 0 rings (SSSR count). The van der Waals surface area contributed by atoms with Crippen molar-refractivity contribution in [2.45, 2.75) is 10.8 Å². The van der Waals surface area contributed by atoms with E-state index in [1.165, 1.54) is 0 Å². The summed E-state index contributed by atoms with van der Waals surface area (Å²) < 4.78 is 60.6. The Labute approximate surface area is 77.4 Å². The van der Waals surface area contributed by atoms with Crippen molar-refractivity contribution in [1.29, 1.82) is 0 Å². The van der Waals surface area contributed by atoms with Gasteiger partial charge in [-0.05, 0) is 0 Å². The van der Waals surface area contributed by atoms with E-state index in [9.17, 15) is 26.4 Å². The molecule has 0 spiro atoms. The van der Waals surface area contributed by atoms with E-state index in [2.05, 4.69) is 4.74 Å². The van der Waals surface area contributed by atoms with E-state index in [4.69, 9.17) is 5.11 Å². The lowest BCUT2D eigenvalue weighted by molar-refractivity contribution is -0.141. The third kappa shape index (κ3) is 2.35. The normalized spacial score (nSPS) is 14.9. The van der Waals surface area contributed by atoms with Crippen molar-refractivity contribution < 1.29 is 36.2 Å². The lowest BCUT2D eigenvalue weighted by atomic mass is 10.5. The second kappa shape index (κ2) is 4.13. The molecule has 1 N–H and O–H groups in total. The van der Waals surface area contributed by atoms with Gasteiger partial charge >= 0.3 is 11.5 Å². The zero-order valence-corrected chi connectivity index (χ0v) is 7.72. The highest BCUT2D eigenvalue weighted by molar-refractivity contribution is 7.93. The molecule has 0 aromatic rings. The Morgan fingerprint density at radius 1 is 1.50 bits per heavy atom. The largest absolute Gasteiger partial charge is 0.498 e. The molecule has 0 unspecified atom stereocenters. The highest BCUT2D eigenvalue weighted by Crippen LogP contribution is 2.27. The molecule has 0 aromatic carbocycles. The predicted molar refractivity (Wildman–Crippen MR) is 37.9 cm³/mol. The molecule has 0 heterocycles. The van der Waals surface area contributed by atoms with Gasteiger partial charge in [0, 0.05) is 0 Å². The standard InChI is InChI=1S/C5H7F3O5S/c1-13-4(10)3(2-9)14(11,12)5(6,7)8/h3,9H,2H2,1H3/t3-/m1/s1. The summed E-state index contributed by atoms with van der Waals surface area (Å²) >= 11 is 0. The third-order valence-electron chi connectivity index (χ3n) is 1.33. The summed E-state index contributed by atoms with van der Waals surface area (Å²) in [6.07, 6.45) is 0. The molecular formula is C5H7F3O5S. The Bertz CT molecular complexity index is 306. The van der Waals surface area contributed by atoms with Crippen LogP contribution >= 0.6 is 0 Å². The number of carbonyl (C=O) groups is 1. The lowest BCUT2D eigenvalue weighted by Crippen LogP contribution is -2.42. The van der Waals surface area contributed by atoms with Gasteiger partial charge in [0.25, 0.3) is 9.84 Å². The molecular weight excluding hydrogens is 229 g/mol. The minimum atomic E-state index is -5.72. The van der Waals surface area contributed by atoms with Crippen LogP contribution < -0.4 is 0 Å². The molecule has 1 atom stereocenters. The van der Waals surface area contributed by atoms with Crippen LogP contribution in [0.5, 0.6) is 0 Å². The second-order valence-electron chi connectivity index (χ2n) is 2.19. The number of aliphatic hydroxyl groups is 1. The molecule has 5 nitrogen and oxygen atoms in total. The molecule has 0 saturated carbocycles. The van der Waals surface area contributed by atoms with E-state index >= 15 is 0 Å². The van der Waals surface area contributed by atoms with Gasteiger partial charge in [-0.2, -0.15) is 13.2 Å². The molecule has 14 heavy (non-hydrogen) atoms. The zero-order chi connectivity index (χ0) is 11.6. The van der Waals surface area contributed by atoms with Crippen molar-refractivity contribution in [3.05, 3.63) is 0 Å². The Kier molecular flexibility index (Phi) is 3.89. The Balaban J connectivity index is 5.16. The number of ether oxygens (including phenoxy) is 1. The smallest absolute Gasteiger partial charge is 0.468 e. The van der Waals surface area contributed by atoms with E-state index in [-0.39, 0.29) is 0 Å². The minimum absolute atomic E-state index is 0.719. The number of halogens is 3. The number of sulfone groups is 1.